The van der Waals surface area contributed by atoms with Gasteiger partial charge in [0.2, 0.25) is 23.9 Å². The number of ether oxygens (including phenoxy) is 1. The summed E-state index contributed by atoms with van der Waals surface area (Å²) in [6.07, 6.45) is 9.50. The highest BCUT2D eigenvalue weighted by Crippen LogP contribution is 2.29. The molecule has 95 heavy (non-hydrogen) atoms. The van der Waals surface area contributed by atoms with Crippen LogP contribution in [0.5, 0.6) is 0 Å². The van der Waals surface area contributed by atoms with Crippen molar-refractivity contribution in [2.24, 2.45) is 0 Å². The third kappa shape index (κ3) is 15.7. The first-order valence-corrected chi connectivity index (χ1v) is 32.0. The molecule has 0 saturated heterocycles. The maximum absolute atomic E-state index is 14.0. The van der Waals surface area contributed by atoms with Crippen molar-refractivity contribution in [3.05, 3.63) is 243 Å². The van der Waals surface area contributed by atoms with Crippen molar-refractivity contribution in [2.45, 2.75) is 33.1 Å². The number of halogens is 4. The minimum atomic E-state index is -0.613. The summed E-state index contributed by atoms with van der Waals surface area (Å²) in [6, 6.07) is 35.0. The summed E-state index contributed by atoms with van der Waals surface area (Å²) in [4.78, 5) is 55.0. The second-order valence-corrected chi connectivity index (χ2v) is 23.0. The summed E-state index contributed by atoms with van der Waals surface area (Å²) >= 11 is 5.75. The number of thiazole rings is 4. The van der Waals surface area contributed by atoms with Gasteiger partial charge in [-0.2, -0.15) is 4.98 Å². The van der Waals surface area contributed by atoms with E-state index in [0.717, 1.165) is 10.7 Å². The number of rotatable bonds is 17. The van der Waals surface area contributed by atoms with Gasteiger partial charge in [0, 0.05) is 80.4 Å². The Morgan fingerprint density at radius 3 is 1.47 bits per heavy atom. The van der Waals surface area contributed by atoms with Gasteiger partial charge in [0.15, 0.2) is 38.3 Å². The molecule has 15 rings (SSSR count). The van der Waals surface area contributed by atoms with Gasteiger partial charge < -0.3 is 14.9 Å². The molecule has 4 aromatic carbocycles. The highest BCUT2D eigenvalue weighted by Gasteiger charge is 2.24. The molecule has 15 aromatic rings. The topological polar surface area (TPSA) is 291 Å². The van der Waals surface area contributed by atoms with Crippen LogP contribution in [0.25, 0.3) is 78.8 Å². The quantitative estimate of drug-likeness (QED) is 0.0654. The van der Waals surface area contributed by atoms with E-state index in [-0.39, 0.29) is 67.8 Å². The number of carbonyl (C=O) groups excluding carboxylic acids is 1. The van der Waals surface area contributed by atoms with Crippen molar-refractivity contribution in [1.82, 2.24) is 99.2 Å². The number of benzene rings is 4. The average Bonchev–Trinajstić information content (AvgIpc) is 1.70. The van der Waals surface area contributed by atoms with Crippen LogP contribution < -0.4 is 5.73 Å². The molecule has 11 aromatic heterocycles. The lowest BCUT2D eigenvalue weighted by Gasteiger charge is -2.05. The second kappa shape index (κ2) is 30.2. The van der Waals surface area contributed by atoms with Crippen LogP contribution in [0.2, 0.25) is 0 Å². The first-order chi connectivity index (χ1) is 46.5. The smallest absolute Gasteiger partial charge is 0.378 e. The maximum Gasteiger partial charge on any atom is 0.378 e. The van der Waals surface area contributed by atoms with Gasteiger partial charge in [-0.25, -0.2) is 76.0 Å². The summed E-state index contributed by atoms with van der Waals surface area (Å²) in [7, 11) is 0. The third-order valence-corrected chi connectivity index (χ3v) is 16.1. The van der Waals surface area contributed by atoms with Crippen molar-refractivity contribution >= 4 is 57.0 Å². The zero-order valence-electron chi connectivity index (χ0n) is 49.4. The largest absolute Gasteiger partial charge is 0.460 e. The Hall–Kier alpha value is -11.6. The lowest BCUT2D eigenvalue weighted by atomic mass is 10.2. The molecule has 32 heteroatoms. The van der Waals surface area contributed by atoms with E-state index in [9.17, 15) is 22.4 Å². The summed E-state index contributed by atoms with van der Waals surface area (Å²) in [5, 5.41) is 34.6. The number of nitrogens with two attached hydrogens (primary N) is 1. The van der Waals surface area contributed by atoms with E-state index in [4.69, 9.17) is 14.9 Å². The van der Waals surface area contributed by atoms with Gasteiger partial charge in [-0.05, 0) is 55.5 Å². The van der Waals surface area contributed by atoms with Crippen LogP contribution in [-0.4, -0.2) is 112 Å². The number of esters is 1. The Labute approximate surface area is 551 Å². The molecular weight excluding hydrogens is 1300 g/mol. The molecule has 0 fully saturated rings. The third-order valence-electron chi connectivity index (χ3n) is 13.2. The molecule has 0 bridgehead atoms. The minimum absolute atomic E-state index is 0.0617. The first kappa shape index (κ1) is 63.5. The Balaban J connectivity index is 0.000000121. The van der Waals surface area contributed by atoms with E-state index in [0.29, 0.717) is 90.1 Å². The number of hydrogen-bond donors (Lipinski definition) is 1. The number of carbonyl (C=O) groups is 1. The number of anilines is 1. The highest BCUT2D eigenvalue weighted by molar-refractivity contribution is 7.13. The lowest BCUT2D eigenvalue weighted by Crippen LogP contribution is -2.09. The Kier molecular flexibility index (Phi) is 20.2. The second-order valence-electron chi connectivity index (χ2n) is 19.6. The van der Waals surface area contributed by atoms with Crippen LogP contribution >= 0.6 is 45.3 Å². The van der Waals surface area contributed by atoms with Crippen LogP contribution in [0.15, 0.2) is 196 Å². The zero-order chi connectivity index (χ0) is 65.5. The van der Waals surface area contributed by atoms with Crippen LogP contribution in [0.1, 0.15) is 39.8 Å². The predicted octanol–water partition coefficient (Wildman–Crippen LogP) is 12.3. The molecule has 0 aliphatic heterocycles. The van der Waals surface area contributed by atoms with E-state index in [1.807, 2.05) is 22.2 Å². The van der Waals surface area contributed by atoms with E-state index in [2.05, 4.69) is 80.4 Å². The average molecular weight is 1350 g/mol. The van der Waals surface area contributed by atoms with E-state index in [1.165, 1.54) is 85.4 Å². The van der Waals surface area contributed by atoms with Gasteiger partial charge in [-0.15, -0.1) is 75.9 Å². The Bertz CT molecular complexity index is 4930. The van der Waals surface area contributed by atoms with Gasteiger partial charge in [0.05, 0.1) is 38.3 Å². The molecule has 24 nitrogen and oxygen atoms in total. The molecule has 0 atom stereocenters. The molecule has 0 aliphatic carbocycles. The molecule has 2 N–H and O–H groups in total. The molecule has 0 unspecified atom stereocenters. The minimum Gasteiger partial charge on any atom is -0.460 e. The van der Waals surface area contributed by atoms with Gasteiger partial charge in [-0.3, -0.25) is 9.97 Å². The molecule has 0 amide bonds. The zero-order valence-corrected chi connectivity index (χ0v) is 52.7. The number of aromatic nitrogens is 20. The van der Waals surface area contributed by atoms with Gasteiger partial charge in [0.25, 0.3) is 11.7 Å². The van der Waals surface area contributed by atoms with E-state index >= 15 is 0 Å². The summed E-state index contributed by atoms with van der Waals surface area (Å²) in [5.74, 6) is 1.63. The molecule has 11 heterocycles. The number of nitrogen functional groups attached to an aromatic ring is 1. The van der Waals surface area contributed by atoms with Gasteiger partial charge >= 0.3 is 5.97 Å². The number of pyridine rings is 2. The van der Waals surface area contributed by atoms with Crippen molar-refractivity contribution in [3.63, 3.8) is 0 Å². The fourth-order valence-electron chi connectivity index (χ4n) is 8.87. The molecular formula is C63H47F4N21O3S4. The monoisotopic (exact) mass is 1350 g/mol. The van der Waals surface area contributed by atoms with Crippen molar-refractivity contribution in [3.8, 4) is 78.8 Å². The van der Waals surface area contributed by atoms with Crippen molar-refractivity contribution < 1.29 is 31.5 Å². The molecule has 0 spiro atoms. The summed E-state index contributed by atoms with van der Waals surface area (Å²) < 4.78 is 72.2. The highest BCUT2D eigenvalue weighted by atomic mass is 32.1. The molecule has 0 saturated carbocycles. The standard InChI is InChI=1S/C17H13FN6S.C16H11FN6O.C15H10FN5S2.C15H13FN4O2S/c18-13-4-2-1-3-11(13)10-24-16(17-21-7-8-25-17)22-15(23-24)14-9-12(19)5-6-20-14;17-12-6-2-1-5-11(12)9-23-15(16-21-19-10-24-16)20-14(22-23)13-7-3-4-8-18-13;16-11-4-2-1-3-10(11)7-21-14(12-8-22-9-18-12)19-13(20-21)15-17-5-6-23-15;1-2-22-15(21)12-18-13(14-17-7-8-23-14)20(19-12)9-10-5-3-4-6-11(10)16/h1-9H,10H2,(H2,19,20);1-8,10H,9H2;1-6,8-9H,7H2;3-8H,2,9H2,1H3. The Morgan fingerprint density at radius 2 is 0.979 bits per heavy atom. The van der Waals surface area contributed by atoms with E-state index in [1.54, 1.807) is 155 Å². The molecule has 0 radical (unpaired) electrons. The summed E-state index contributed by atoms with van der Waals surface area (Å²) in [6.45, 7) is 2.80. The number of hydrogen-bond acceptors (Lipinski definition) is 24. The van der Waals surface area contributed by atoms with Crippen LogP contribution in [0.3, 0.4) is 0 Å². The fraction of sp³-hybridized carbons (Fsp3) is 0.0952. The maximum atomic E-state index is 14.0. The summed E-state index contributed by atoms with van der Waals surface area (Å²) in [5.41, 5.74) is 12.0. The van der Waals surface area contributed by atoms with E-state index < -0.39 is 5.97 Å². The molecule has 0 aliphatic rings. The lowest BCUT2D eigenvalue weighted by molar-refractivity contribution is 0.0511. The van der Waals surface area contributed by atoms with Gasteiger partial charge in [-0.1, -0.05) is 78.9 Å². The number of nitrogens with zero attached hydrogens (tertiary/aromatic N) is 20. The molecule has 474 valence electrons. The Morgan fingerprint density at radius 1 is 0.495 bits per heavy atom. The van der Waals surface area contributed by atoms with Crippen molar-refractivity contribution in [2.75, 3.05) is 12.3 Å². The predicted molar refractivity (Wildman–Crippen MR) is 347 cm³/mol. The first-order valence-electron chi connectivity index (χ1n) is 28.4. The SMILES string of the molecule is CCOC(=O)c1nc(-c2nccs2)n(Cc2ccccc2F)n1.Fc1ccccc1Cn1nc(-c2ccccn2)nc1-c1nnco1.Fc1ccccc1Cn1nc(-c2nccs2)nc1-c1cscn1.Nc1ccnc(-c2nc(-c3nccs3)n(Cc3ccccc3F)n2)c1. The van der Waals surface area contributed by atoms with Gasteiger partial charge in [0.1, 0.15) is 40.4 Å². The normalized spacial score (nSPS) is 10.9. The van der Waals surface area contributed by atoms with Crippen LogP contribution in [0, 0.1) is 23.3 Å². The van der Waals surface area contributed by atoms with Crippen molar-refractivity contribution in [1.29, 1.82) is 0 Å². The fourth-order valence-corrected chi connectivity index (χ4v) is 11.2. The van der Waals surface area contributed by atoms with Crippen LogP contribution in [-0.2, 0) is 30.9 Å². The van der Waals surface area contributed by atoms with Crippen LogP contribution in [0.4, 0.5) is 23.2 Å².